The first-order valence-corrected chi connectivity index (χ1v) is 6.11. The predicted molar refractivity (Wildman–Crippen MR) is 68.7 cm³/mol. The van der Waals surface area contributed by atoms with Crippen LogP contribution in [-0.4, -0.2) is 22.5 Å². The van der Waals surface area contributed by atoms with Crippen molar-refractivity contribution >= 4 is 11.9 Å². The Kier molecular flexibility index (Phi) is 3.57. The summed E-state index contributed by atoms with van der Waals surface area (Å²) >= 11 is 0. The fourth-order valence-corrected chi connectivity index (χ4v) is 2.12. The van der Waals surface area contributed by atoms with Gasteiger partial charge in [0.1, 0.15) is 0 Å². The fourth-order valence-electron chi connectivity index (χ4n) is 2.12. The second-order valence-electron chi connectivity index (χ2n) is 5.38. The van der Waals surface area contributed by atoms with Crippen LogP contribution in [-0.2, 0) is 22.7 Å². The Balaban J connectivity index is 2.10. The number of carbonyl (C=O) groups is 2. The normalized spacial score (nSPS) is 14.0. The van der Waals surface area contributed by atoms with E-state index in [4.69, 9.17) is 9.84 Å². The molecular weight excluding hydrogens is 246 g/mol. The van der Waals surface area contributed by atoms with Gasteiger partial charge in [-0.15, -0.1) is 0 Å². The molecule has 1 aliphatic heterocycles. The van der Waals surface area contributed by atoms with Gasteiger partial charge in [0.15, 0.2) is 0 Å². The van der Waals surface area contributed by atoms with Crippen molar-refractivity contribution < 1.29 is 19.4 Å². The number of amides is 1. The molecule has 5 heteroatoms. The van der Waals surface area contributed by atoms with Gasteiger partial charge in [-0.2, -0.15) is 0 Å². The van der Waals surface area contributed by atoms with E-state index in [-0.39, 0.29) is 12.3 Å². The maximum atomic E-state index is 12.1. The van der Waals surface area contributed by atoms with Gasteiger partial charge in [0.25, 0.3) is 5.91 Å². The summed E-state index contributed by atoms with van der Waals surface area (Å²) in [6.45, 7) is 4.49. The minimum Gasteiger partial charge on any atom is -0.481 e. The van der Waals surface area contributed by atoms with Crippen molar-refractivity contribution in [2.24, 2.45) is 0 Å². The molecule has 0 unspecified atom stereocenters. The van der Waals surface area contributed by atoms with Crippen LogP contribution in [0.3, 0.4) is 0 Å². The number of hydrogen-bond acceptors (Lipinski definition) is 3. The molecule has 1 amide bonds. The molecule has 0 fully saturated rings. The number of hydrogen-bond donors (Lipinski definition) is 2. The van der Waals surface area contributed by atoms with Crippen molar-refractivity contribution in [3.05, 3.63) is 34.9 Å². The summed E-state index contributed by atoms with van der Waals surface area (Å²) in [7, 11) is 0. The smallest absolute Gasteiger partial charge is 0.305 e. The molecule has 2 rings (SSSR count). The Morgan fingerprint density at radius 2 is 2.00 bits per heavy atom. The number of nitrogens with one attached hydrogen (secondary N) is 1. The molecule has 2 N–H and O–H groups in total. The van der Waals surface area contributed by atoms with Crippen LogP contribution in [0.1, 0.15) is 41.8 Å². The molecule has 0 aromatic heterocycles. The van der Waals surface area contributed by atoms with Crippen LogP contribution in [0.4, 0.5) is 0 Å². The number of rotatable bonds is 4. The monoisotopic (exact) mass is 263 g/mol. The fraction of sp³-hybridized carbons (Fsp3) is 0.429. The largest absolute Gasteiger partial charge is 0.481 e. The van der Waals surface area contributed by atoms with Crippen LogP contribution in [0.15, 0.2) is 18.2 Å². The number of ether oxygens (including phenoxy) is 1. The molecule has 102 valence electrons. The Hall–Kier alpha value is -1.88. The Morgan fingerprint density at radius 1 is 1.32 bits per heavy atom. The molecule has 1 heterocycles. The predicted octanol–water partition coefficient (Wildman–Crippen LogP) is 1.70. The van der Waals surface area contributed by atoms with Crippen molar-refractivity contribution in [2.45, 2.75) is 39.0 Å². The van der Waals surface area contributed by atoms with Gasteiger partial charge in [-0.05, 0) is 37.1 Å². The van der Waals surface area contributed by atoms with Crippen LogP contribution in [0, 0.1) is 0 Å². The van der Waals surface area contributed by atoms with Crippen LogP contribution < -0.4 is 5.32 Å². The highest BCUT2D eigenvalue weighted by molar-refractivity contribution is 5.95. The number of carboxylic acids is 1. The van der Waals surface area contributed by atoms with Gasteiger partial charge >= 0.3 is 5.97 Å². The molecule has 5 nitrogen and oxygen atoms in total. The van der Waals surface area contributed by atoms with Crippen LogP contribution in [0.5, 0.6) is 0 Å². The Bertz CT molecular complexity index is 522. The summed E-state index contributed by atoms with van der Waals surface area (Å²) in [5.74, 6) is -1.20. The summed E-state index contributed by atoms with van der Waals surface area (Å²) < 4.78 is 5.29. The van der Waals surface area contributed by atoms with Gasteiger partial charge in [-0.1, -0.05) is 6.07 Å². The molecule has 0 saturated carbocycles. The van der Waals surface area contributed by atoms with Crippen molar-refractivity contribution in [2.75, 3.05) is 0 Å². The standard InChI is InChI=1S/C14H17NO4/c1-14(2,6-12(16)17)15-13(18)9-3-4-10-7-19-8-11(10)5-9/h3-5H,6-8H2,1-2H3,(H,15,18)(H,16,17). The first kappa shape index (κ1) is 13.5. The van der Waals surface area contributed by atoms with Crippen LogP contribution in [0.2, 0.25) is 0 Å². The molecule has 0 bridgehead atoms. The zero-order valence-electron chi connectivity index (χ0n) is 11.0. The van der Waals surface area contributed by atoms with E-state index in [0.717, 1.165) is 11.1 Å². The van der Waals surface area contributed by atoms with Gasteiger partial charge in [0, 0.05) is 11.1 Å². The first-order valence-electron chi connectivity index (χ1n) is 6.11. The number of benzene rings is 1. The average Bonchev–Trinajstić information content (AvgIpc) is 2.72. The lowest BCUT2D eigenvalue weighted by molar-refractivity contribution is -0.138. The van der Waals surface area contributed by atoms with Crippen molar-refractivity contribution in [1.29, 1.82) is 0 Å². The Labute approximate surface area is 111 Å². The van der Waals surface area contributed by atoms with E-state index >= 15 is 0 Å². The Morgan fingerprint density at radius 3 is 2.68 bits per heavy atom. The molecule has 0 radical (unpaired) electrons. The van der Waals surface area contributed by atoms with Crippen molar-refractivity contribution in [3.63, 3.8) is 0 Å². The third-order valence-corrected chi connectivity index (χ3v) is 3.03. The van der Waals surface area contributed by atoms with E-state index in [1.54, 1.807) is 26.0 Å². The number of aliphatic carboxylic acids is 1. The topological polar surface area (TPSA) is 75.6 Å². The highest BCUT2D eigenvalue weighted by atomic mass is 16.5. The van der Waals surface area contributed by atoms with E-state index in [9.17, 15) is 9.59 Å². The number of fused-ring (bicyclic) bond motifs is 1. The zero-order chi connectivity index (χ0) is 14.0. The summed E-state index contributed by atoms with van der Waals surface area (Å²) in [5, 5.41) is 11.5. The zero-order valence-corrected chi connectivity index (χ0v) is 11.0. The summed E-state index contributed by atoms with van der Waals surface area (Å²) in [6, 6.07) is 5.41. The van der Waals surface area contributed by atoms with Gasteiger partial charge in [0.05, 0.1) is 19.6 Å². The molecule has 0 saturated heterocycles. The lowest BCUT2D eigenvalue weighted by Crippen LogP contribution is -2.44. The molecular formula is C14H17NO4. The molecule has 0 spiro atoms. The SMILES string of the molecule is CC(C)(CC(=O)O)NC(=O)c1ccc2c(c1)COC2. The van der Waals surface area contributed by atoms with Gasteiger partial charge in [-0.3, -0.25) is 9.59 Å². The molecule has 1 aromatic rings. The van der Waals surface area contributed by atoms with E-state index in [0.29, 0.717) is 18.8 Å². The van der Waals surface area contributed by atoms with Crippen LogP contribution >= 0.6 is 0 Å². The highest BCUT2D eigenvalue weighted by Gasteiger charge is 2.25. The van der Waals surface area contributed by atoms with Crippen molar-refractivity contribution in [3.8, 4) is 0 Å². The van der Waals surface area contributed by atoms with E-state index in [1.807, 2.05) is 6.07 Å². The van der Waals surface area contributed by atoms with E-state index < -0.39 is 11.5 Å². The minimum absolute atomic E-state index is 0.118. The average molecular weight is 263 g/mol. The third kappa shape index (κ3) is 3.32. The maximum absolute atomic E-state index is 12.1. The second-order valence-corrected chi connectivity index (χ2v) is 5.38. The first-order chi connectivity index (χ1) is 8.87. The summed E-state index contributed by atoms with van der Waals surface area (Å²) in [4.78, 5) is 22.8. The molecule has 1 aromatic carbocycles. The molecule has 0 aliphatic carbocycles. The van der Waals surface area contributed by atoms with Gasteiger partial charge < -0.3 is 15.2 Å². The molecule has 0 atom stereocenters. The lowest BCUT2D eigenvalue weighted by Gasteiger charge is -2.24. The van der Waals surface area contributed by atoms with Gasteiger partial charge in [-0.25, -0.2) is 0 Å². The lowest BCUT2D eigenvalue weighted by atomic mass is 9.99. The quantitative estimate of drug-likeness (QED) is 0.867. The molecule has 1 aliphatic rings. The highest BCUT2D eigenvalue weighted by Crippen LogP contribution is 2.21. The maximum Gasteiger partial charge on any atom is 0.305 e. The minimum atomic E-state index is -0.937. The number of carboxylic acid groups (broad SMARTS) is 1. The molecule has 19 heavy (non-hydrogen) atoms. The third-order valence-electron chi connectivity index (χ3n) is 3.03. The van der Waals surface area contributed by atoms with E-state index in [2.05, 4.69) is 5.32 Å². The summed E-state index contributed by atoms with van der Waals surface area (Å²) in [5.41, 5.74) is 1.87. The van der Waals surface area contributed by atoms with Gasteiger partial charge in [0.2, 0.25) is 0 Å². The van der Waals surface area contributed by atoms with Crippen LogP contribution in [0.25, 0.3) is 0 Å². The van der Waals surface area contributed by atoms with Crippen molar-refractivity contribution in [1.82, 2.24) is 5.32 Å². The number of carbonyl (C=O) groups excluding carboxylic acids is 1. The summed E-state index contributed by atoms with van der Waals surface area (Å²) in [6.07, 6.45) is -0.118. The van der Waals surface area contributed by atoms with E-state index in [1.165, 1.54) is 0 Å². The second kappa shape index (κ2) is 5.01.